The minimum absolute atomic E-state index is 0.0137. The molecule has 1 heterocycles. The van der Waals surface area contributed by atoms with Gasteiger partial charge in [0.05, 0.1) is 20.7 Å². The molecule has 7 nitrogen and oxygen atoms in total. The van der Waals surface area contributed by atoms with Crippen LogP contribution >= 0.6 is 11.8 Å². The Morgan fingerprint density at radius 2 is 1.73 bits per heavy atom. The standard InChI is InChI=1S/C17H25N3O4S2/c1-6-17(4,25-5)18-26(23,24)12-9-10-14-13(11-12)15(21)20(8-3)16(22)19(14)7-2/h9-11,18H,6-8H2,1-5H3. The van der Waals surface area contributed by atoms with Crippen LogP contribution in [0.1, 0.15) is 34.1 Å². The smallest absolute Gasteiger partial charge is 0.293 e. The van der Waals surface area contributed by atoms with Crippen LogP contribution in [-0.2, 0) is 23.1 Å². The lowest BCUT2D eigenvalue weighted by Gasteiger charge is -2.27. The van der Waals surface area contributed by atoms with Gasteiger partial charge in [0.25, 0.3) is 5.56 Å². The number of thioether (sulfide) groups is 1. The van der Waals surface area contributed by atoms with E-state index in [0.717, 1.165) is 4.57 Å². The van der Waals surface area contributed by atoms with Crippen LogP contribution in [0.2, 0.25) is 0 Å². The van der Waals surface area contributed by atoms with E-state index in [2.05, 4.69) is 4.72 Å². The van der Waals surface area contributed by atoms with Gasteiger partial charge in [-0.3, -0.25) is 13.9 Å². The topological polar surface area (TPSA) is 90.2 Å². The van der Waals surface area contributed by atoms with Crippen molar-refractivity contribution in [1.82, 2.24) is 13.9 Å². The van der Waals surface area contributed by atoms with Crippen LogP contribution in [0.25, 0.3) is 10.9 Å². The third-order valence-electron chi connectivity index (χ3n) is 4.61. The van der Waals surface area contributed by atoms with Crippen LogP contribution in [0.3, 0.4) is 0 Å². The number of aryl methyl sites for hydroxylation is 1. The molecule has 1 aromatic heterocycles. The Bertz CT molecular complexity index is 1030. The Morgan fingerprint density at radius 3 is 2.23 bits per heavy atom. The molecule has 1 atom stereocenters. The van der Waals surface area contributed by atoms with Crippen molar-refractivity contribution < 1.29 is 8.42 Å². The van der Waals surface area contributed by atoms with Crippen LogP contribution in [0.5, 0.6) is 0 Å². The summed E-state index contributed by atoms with van der Waals surface area (Å²) >= 11 is 1.41. The maximum Gasteiger partial charge on any atom is 0.331 e. The molecule has 0 aliphatic heterocycles. The van der Waals surface area contributed by atoms with Gasteiger partial charge < -0.3 is 0 Å². The summed E-state index contributed by atoms with van der Waals surface area (Å²) in [6, 6.07) is 4.31. The number of nitrogens with one attached hydrogen (secondary N) is 1. The molecule has 0 fully saturated rings. The lowest BCUT2D eigenvalue weighted by atomic mass is 10.2. The van der Waals surface area contributed by atoms with Gasteiger partial charge in [0.2, 0.25) is 10.0 Å². The zero-order valence-electron chi connectivity index (χ0n) is 15.7. The van der Waals surface area contributed by atoms with Crippen molar-refractivity contribution in [1.29, 1.82) is 0 Å². The molecule has 0 aliphatic carbocycles. The number of aromatic nitrogens is 2. The van der Waals surface area contributed by atoms with Crippen molar-refractivity contribution in [3.05, 3.63) is 39.0 Å². The molecule has 0 spiro atoms. The second-order valence-electron chi connectivity index (χ2n) is 6.15. The van der Waals surface area contributed by atoms with E-state index in [1.165, 1.54) is 34.5 Å². The molecular weight excluding hydrogens is 374 g/mol. The summed E-state index contributed by atoms with van der Waals surface area (Å²) in [5.41, 5.74) is -0.422. The minimum atomic E-state index is -3.81. The molecule has 0 radical (unpaired) electrons. The van der Waals surface area contributed by atoms with Crippen molar-refractivity contribution in [2.45, 2.75) is 57.0 Å². The van der Waals surface area contributed by atoms with Crippen molar-refractivity contribution in [3.63, 3.8) is 0 Å². The molecular formula is C17H25N3O4S2. The van der Waals surface area contributed by atoms with E-state index in [1.807, 2.05) is 27.0 Å². The van der Waals surface area contributed by atoms with Crippen molar-refractivity contribution in [2.24, 2.45) is 0 Å². The number of benzene rings is 1. The average molecular weight is 400 g/mol. The van der Waals surface area contributed by atoms with Gasteiger partial charge in [-0.25, -0.2) is 13.2 Å². The highest BCUT2D eigenvalue weighted by molar-refractivity contribution is 8.01. The summed E-state index contributed by atoms with van der Waals surface area (Å²) in [6.45, 7) is 7.85. The monoisotopic (exact) mass is 399 g/mol. The van der Waals surface area contributed by atoms with E-state index in [1.54, 1.807) is 6.92 Å². The van der Waals surface area contributed by atoms with Crippen molar-refractivity contribution in [3.8, 4) is 0 Å². The zero-order chi connectivity index (χ0) is 19.7. The van der Waals surface area contributed by atoms with Gasteiger partial charge >= 0.3 is 5.69 Å². The Hall–Kier alpha value is -1.58. The quantitative estimate of drug-likeness (QED) is 0.719. The molecule has 1 unspecified atom stereocenters. The lowest BCUT2D eigenvalue weighted by Crippen LogP contribution is -2.42. The third-order valence-corrected chi connectivity index (χ3v) is 7.63. The first-order valence-electron chi connectivity index (χ1n) is 8.50. The maximum atomic E-state index is 12.8. The Labute approximate surface area is 157 Å². The molecule has 1 aromatic carbocycles. The highest BCUT2D eigenvalue weighted by Crippen LogP contribution is 2.26. The minimum Gasteiger partial charge on any atom is -0.293 e. The fraction of sp³-hybridized carbons (Fsp3) is 0.529. The highest BCUT2D eigenvalue weighted by Gasteiger charge is 2.28. The number of hydrogen-bond acceptors (Lipinski definition) is 5. The Balaban J connectivity index is 2.73. The summed E-state index contributed by atoms with van der Waals surface area (Å²) in [6.07, 6.45) is 2.45. The molecule has 0 aliphatic rings. The maximum absolute atomic E-state index is 12.8. The SMILES string of the molecule is CCn1c(=O)c2cc(S(=O)(=O)NC(C)(CC)SC)ccc2n(CC)c1=O. The fourth-order valence-corrected chi connectivity index (χ4v) is 5.06. The predicted octanol–water partition coefficient (Wildman–Crippen LogP) is 1.97. The van der Waals surface area contributed by atoms with Crippen LogP contribution in [0.4, 0.5) is 0 Å². The van der Waals surface area contributed by atoms with E-state index in [-0.39, 0.29) is 22.5 Å². The number of hydrogen-bond donors (Lipinski definition) is 1. The van der Waals surface area contributed by atoms with E-state index in [4.69, 9.17) is 0 Å². The molecule has 2 aromatic rings. The van der Waals surface area contributed by atoms with Gasteiger partial charge in [-0.05, 0) is 51.6 Å². The van der Waals surface area contributed by atoms with E-state index >= 15 is 0 Å². The molecule has 1 N–H and O–H groups in total. The predicted molar refractivity (Wildman–Crippen MR) is 106 cm³/mol. The second kappa shape index (κ2) is 7.58. The van der Waals surface area contributed by atoms with E-state index in [0.29, 0.717) is 18.5 Å². The van der Waals surface area contributed by atoms with Gasteiger partial charge in [-0.1, -0.05) is 6.92 Å². The Kier molecular flexibility index (Phi) is 6.04. The molecule has 0 saturated heterocycles. The fourth-order valence-electron chi connectivity index (χ4n) is 2.76. The van der Waals surface area contributed by atoms with Crippen molar-refractivity contribution >= 4 is 32.7 Å². The molecule has 2 rings (SSSR count). The number of nitrogens with zero attached hydrogens (tertiary/aromatic N) is 2. The summed E-state index contributed by atoms with van der Waals surface area (Å²) < 4.78 is 30.9. The summed E-state index contributed by atoms with van der Waals surface area (Å²) in [5.74, 6) is 0. The van der Waals surface area contributed by atoms with Crippen LogP contribution < -0.4 is 16.0 Å². The normalized spacial score (nSPS) is 14.5. The first kappa shape index (κ1) is 20.7. The van der Waals surface area contributed by atoms with Crippen LogP contribution in [0, 0.1) is 0 Å². The van der Waals surface area contributed by atoms with Crippen molar-refractivity contribution in [2.75, 3.05) is 6.26 Å². The highest BCUT2D eigenvalue weighted by atomic mass is 32.2. The van der Waals surface area contributed by atoms with Gasteiger partial charge in [-0.15, -0.1) is 11.8 Å². The zero-order valence-corrected chi connectivity index (χ0v) is 17.3. The molecule has 26 heavy (non-hydrogen) atoms. The number of rotatable bonds is 7. The lowest BCUT2D eigenvalue weighted by molar-refractivity contribution is 0.535. The largest absolute Gasteiger partial charge is 0.331 e. The molecule has 144 valence electrons. The van der Waals surface area contributed by atoms with Gasteiger partial charge in [0, 0.05) is 13.1 Å². The molecule has 0 amide bonds. The first-order chi connectivity index (χ1) is 12.1. The third kappa shape index (κ3) is 3.60. The number of sulfonamides is 1. The molecule has 0 saturated carbocycles. The van der Waals surface area contributed by atoms with Crippen LogP contribution in [-0.4, -0.2) is 28.7 Å². The number of fused-ring (bicyclic) bond motifs is 1. The van der Waals surface area contributed by atoms with E-state index < -0.39 is 20.5 Å². The van der Waals surface area contributed by atoms with E-state index in [9.17, 15) is 18.0 Å². The van der Waals surface area contributed by atoms with Crippen LogP contribution in [0.15, 0.2) is 32.7 Å². The summed E-state index contributed by atoms with van der Waals surface area (Å²) in [4.78, 5) is 24.4. The summed E-state index contributed by atoms with van der Waals surface area (Å²) in [5, 5.41) is 0.221. The van der Waals surface area contributed by atoms with Gasteiger partial charge in [0.15, 0.2) is 0 Å². The Morgan fingerprint density at radius 1 is 1.12 bits per heavy atom. The average Bonchev–Trinajstić information content (AvgIpc) is 2.61. The molecule has 9 heteroatoms. The summed E-state index contributed by atoms with van der Waals surface area (Å²) in [7, 11) is -3.81. The molecule has 0 bridgehead atoms. The first-order valence-corrected chi connectivity index (χ1v) is 11.2. The van der Waals surface area contributed by atoms with Gasteiger partial charge in [0.1, 0.15) is 0 Å². The second-order valence-corrected chi connectivity index (χ2v) is 9.14. The van der Waals surface area contributed by atoms with Gasteiger partial charge in [-0.2, -0.15) is 4.72 Å².